The fraction of sp³-hybridized carbons (Fsp3) is 0.133. The molecule has 0 heterocycles. The third-order valence-corrected chi connectivity index (χ3v) is 3.32. The van der Waals surface area contributed by atoms with E-state index >= 15 is 0 Å². The number of anilines is 1. The van der Waals surface area contributed by atoms with Crippen molar-refractivity contribution < 1.29 is 0 Å². The molecular weight excluding hydrogens is 276 g/mol. The van der Waals surface area contributed by atoms with Crippen LogP contribution in [0, 0.1) is 0 Å². The number of thiocarbonyl (C=S) groups is 1. The summed E-state index contributed by atoms with van der Waals surface area (Å²) in [4.78, 5) is 0. The van der Waals surface area contributed by atoms with Gasteiger partial charge in [0.1, 0.15) is 0 Å². The zero-order chi connectivity index (χ0) is 13.7. The van der Waals surface area contributed by atoms with Crippen LogP contribution in [0.25, 0.3) is 0 Å². The quantitative estimate of drug-likeness (QED) is 0.820. The Hall–Kier alpha value is -1.58. The van der Waals surface area contributed by atoms with Gasteiger partial charge in [-0.3, -0.25) is 0 Å². The van der Waals surface area contributed by atoms with Gasteiger partial charge in [-0.25, -0.2) is 0 Å². The minimum Gasteiger partial charge on any atom is -0.356 e. The Morgan fingerprint density at radius 3 is 2.37 bits per heavy atom. The number of hydrogen-bond donors (Lipinski definition) is 2. The van der Waals surface area contributed by atoms with Crippen LogP contribution < -0.4 is 10.6 Å². The van der Waals surface area contributed by atoms with Crippen molar-refractivity contribution in [3.8, 4) is 0 Å². The molecule has 0 aliphatic heterocycles. The molecule has 0 aliphatic carbocycles. The Morgan fingerprint density at radius 1 is 1.05 bits per heavy atom. The minimum atomic E-state index is 0.0532. The van der Waals surface area contributed by atoms with Crippen LogP contribution in [-0.2, 0) is 0 Å². The van der Waals surface area contributed by atoms with E-state index in [1.165, 1.54) is 0 Å². The lowest BCUT2D eigenvalue weighted by atomic mass is 10.1. The zero-order valence-electron chi connectivity index (χ0n) is 10.6. The molecule has 0 saturated carbocycles. The molecule has 1 atom stereocenters. The summed E-state index contributed by atoms with van der Waals surface area (Å²) in [6.45, 7) is 2.03. The third-order valence-electron chi connectivity index (χ3n) is 2.75. The van der Waals surface area contributed by atoms with Gasteiger partial charge in [0.15, 0.2) is 5.11 Å². The van der Waals surface area contributed by atoms with Crippen LogP contribution in [0.5, 0.6) is 0 Å². The molecule has 0 bridgehead atoms. The fourth-order valence-electron chi connectivity index (χ4n) is 1.79. The molecule has 2 N–H and O–H groups in total. The third kappa shape index (κ3) is 3.94. The van der Waals surface area contributed by atoms with Crippen LogP contribution in [0.2, 0.25) is 5.02 Å². The molecule has 1 unspecified atom stereocenters. The van der Waals surface area contributed by atoms with Gasteiger partial charge in [-0.2, -0.15) is 0 Å². The maximum atomic E-state index is 6.16. The van der Waals surface area contributed by atoms with Gasteiger partial charge in [0.05, 0.1) is 6.04 Å². The topological polar surface area (TPSA) is 24.1 Å². The largest absolute Gasteiger partial charge is 0.356 e. The van der Waals surface area contributed by atoms with Gasteiger partial charge in [0.25, 0.3) is 0 Å². The smallest absolute Gasteiger partial charge is 0.171 e. The van der Waals surface area contributed by atoms with E-state index in [-0.39, 0.29) is 6.04 Å². The summed E-state index contributed by atoms with van der Waals surface area (Å²) in [5, 5.41) is 7.68. The van der Waals surface area contributed by atoms with Gasteiger partial charge in [-0.15, -0.1) is 0 Å². The van der Waals surface area contributed by atoms with Crippen LogP contribution >= 0.6 is 23.8 Å². The molecule has 2 nitrogen and oxygen atoms in total. The number of para-hydroxylation sites is 1. The minimum absolute atomic E-state index is 0.0532. The van der Waals surface area contributed by atoms with Gasteiger partial charge in [0.2, 0.25) is 0 Å². The molecule has 0 spiro atoms. The number of rotatable bonds is 3. The molecule has 0 aromatic heterocycles. The van der Waals surface area contributed by atoms with Crippen molar-refractivity contribution in [1.82, 2.24) is 5.32 Å². The second-order valence-corrected chi connectivity index (χ2v) is 5.02. The van der Waals surface area contributed by atoms with E-state index in [0.717, 1.165) is 16.3 Å². The Morgan fingerprint density at radius 2 is 1.68 bits per heavy atom. The maximum Gasteiger partial charge on any atom is 0.171 e. The highest BCUT2D eigenvalue weighted by molar-refractivity contribution is 7.80. The van der Waals surface area contributed by atoms with Gasteiger partial charge in [-0.05, 0) is 42.9 Å². The number of hydrogen-bond acceptors (Lipinski definition) is 1. The van der Waals surface area contributed by atoms with Gasteiger partial charge >= 0.3 is 0 Å². The summed E-state index contributed by atoms with van der Waals surface area (Å²) in [6.07, 6.45) is 0. The molecule has 2 rings (SSSR count). The van der Waals surface area contributed by atoms with Crippen LogP contribution in [-0.4, -0.2) is 5.11 Å². The molecule has 2 aromatic carbocycles. The molecule has 98 valence electrons. The van der Waals surface area contributed by atoms with Crippen molar-refractivity contribution in [2.45, 2.75) is 13.0 Å². The Balaban J connectivity index is 1.98. The predicted octanol–water partition coefficient (Wildman–Crippen LogP) is 4.39. The van der Waals surface area contributed by atoms with Crippen LogP contribution in [0.3, 0.4) is 0 Å². The van der Waals surface area contributed by atoms with Crippen molar-refractivity contribution in [3.63, 3.8) is 0 Å². The number of benzene rings is 2. The Bertz CT molecular complexity index is 557. The maximum absolute atomic E-state index is 6.16. The van der Waals surface area contributed by atoms with E-state index in [4.69, 9.17) is 23.8 Å². The van der Waals surface area contributed by atoms with Crippen molar-refractivity contribution in [2.24, 2.45) is 0 Å². The van der Waals surface area contributed by atoms with E-state index in [9.17, 15) is 0 Å². The van der Waals surface area contributed by atoms with Crippen molar-refractivity contribution in [1.29, 1.82) is 0 Å². The first kappa shape index (κ1) is 13.8. The summed E-state index contributed by atoms with van der Waals surface area (Å²) in [5.41, 5.74) is 1.99. The molecule has 2 aromatic rings. The summed E-state index contributed by atoms with van der Waals surface area (Å²) < 4.78 is 0. The van der Waals surface area contributed by atoms with E-state index in [1.54, 1.807) is 0 Å². The summed E-state index contributed by atoms with van der Waals surface area (Å²) in [6, 6.07) is 17.6. The predicted molar refractivity (Wildman–Crippen MR) is 85.7 cm³/mol. The van der Waals surface area contributed by atoms with E-state index in [1.807, 2.05) is 61.5 Å². The molecule has 0 amide bonds. The highest BCUT2D eigenvalue weighted by Gasteiger charge is 2.09. The Labute approximate surface area is 123 Å². The molecular formula is C15H15ClN2S. The van der Waals surface area contributed by atoms with Crippen molar-refractivity contribution in [2.75, 3.05) is 5.32 Å². The van der Waals surface area contributed by atoms with E-state index in [0.29, 0.717) is 5.11 Å². The molecule has 0 radical (unpaired) electrons. The zero-order valence-corrected chi connectivity index (χ0v) is 12.1. The lowest BCUT2D eigenvalue weighted by Gasteiger charge is -2.18. The average molecular weight is 291 g/mol. The SMILES string of the molecule is CC(NC(=S)Nc1ccccc1)c1ccccc1Cl. The highest BCUT2D eigenvalue weighted by Crippen LogP contribution is 2.22. The summed E-state index contributed by atoms with van der Waals surface area (Å²) >= 11 is 11.4. The van der Waals surface area contributed by atoms with Crippen LogP contribution in [0.15, 0.2) is 54.6 Å². The van der Waals surface area contributed by atoms with E-state index in [2.05, 4.69) is 10.6 Å². The standard InChI is InChI=1S/C15H15ClN2S/c1-11(13-9-5-6-10-14(13)16)17-15(19)18-12-7-3-2-4-8-12/h2-11H,1H3,(H2,17,18,19). The molecule has 4 heteroatoms. The van der Waals surface area contributed by atoms with Crippen molar-refractivity contribution >= 4 is 34.6 Å². The first-order valence-corrected chi connectivity index (χ1v) is 6.82. The van der Waals surface area contributed by atoms with Gasteiger partial charge in [0, 0.05) is 10.7 Å². The van der Waals surface area contributed by atoms with Crippen molar-refractivity contribution in [3.05, 3.63) is 65.2 Å². The second-order valence-electron chi connectivity index (χ2n) is 4.21. The second kappa shape index (κ2) is 6.55. The molecule has 19 heavy (non-hydrogen) atoms. The first-order valence-electron chi connectivity index (χ1n) is 6.04. The van der Waals surface area contributed by atoms with Crippen LogP contribution in [0.4, 0.5) is 5.69 Å². The normalized spacial score (nSPS) is 11.7. The summed E-state index contributed by atoms with van der Waals surface area (Å²) in [7, 11) is 0. The number of nitrogens with one attached hydrogen (secondary N) is 2. The Kier molecular flexibility index (Phi) is 4.77. The highest BCUT2D eigenvalue weighted by atomic mass is 35.5. The molecule has 0 saturated heterocycles. The lowest BCUT2D eigenvalue weighted by molar-refractivity contribution is 0.723. The average Bonchev–Trinajstić information content (AvgIpc) is 2.40. The monoisotopic (exact) mass is 290 g/mol. The fourth-order valence-corrected chi connectivity index (χ4v) is 2.38. The van der Waals surface area contributed by atoms with Gasteiger partial charge < -0.3 is 10.6 Å². The van der Waals surface area contributed by atoms with E-state index < -0.39 is 0 Å². The first-order chi connectivity index (χ1) is 9.16. The number of halogens is 1. The molecule has 0 aliphatic rings. The van der Waals surface area contributed by atoms with Gasteiger partial charge in [-0.1, -0.05) is 48.0 Å². The van der Waals surface area contributed by atoms with Crippen LogP contribution in [0.1, 0.15) is 18.5 Å². The summed E-state index contributed by atoms with van der Waals surface area (Å²) in [5.74, 6) is 0. The molecule has 0 fully saturated rings. The lowest BCUT2D eigenvalue weighted by Crippen LogP contribution is -2.31.